The summed E-state index contributed by atoms with van der Waals surface area (Å²) in [6, 6.07) is 9.37. The molecule has 0 radical (unpaired) electrons. The zero-order chi connectivity index (χ0) is 17.6. The first-order chi connectivity index (χ1) is 12.2. The first-order valence-corrected chi connectivity index (χ1v) is 9.52. The van der Waals surface area contributed by atoms with E-state index in [2.05, 4.69) is 58.6 Å². The van der Waals surface area contributed by atoms with Crippen molar-refractivity contribution in [3.05, 3.63) is 35.4 Å². The Bertz CT molecular complexity index is 595. The summed E-state index contributed by atoms with van der Waals surface area (Å²) in [5, 5.41) is 6.87. The second-order valence-electron chi connectivity index (χ2n) is 7.40. The van der Waals surface area contributed by atoms with E-state index in [0.29, 0.717) is 12.0 Å². The minimum absolute atomic E-state index is 0. The molecule has 0 saturated carbocycles. The van der Waals surface area contributed by atoms with Crippen LogP contribution in [0.1, 0.15) is 36.8 Å². The number of nitrogens with zero attached hydrogens (tertiary/aromatic N) is 2. The molecular formula is C20H33IN4O. The predicted molar refractivity (Wildman–Crippen MR) is 119 cm³/mol. The predicted octanol–water partition coefficient (Wildman–Crippen LogP) is 2.74. The number of hydrogen-bond donors (Lipinski definition) is 2. The summed E-state index contributed by atoms with van der Waals surface area (Å²) in [5.41, 5.74) is 2.67. The molecule has 3 rings (SSSR count). The van der Waals surface area contributed by atoms with Gasteiger partial charge in [0.15, 0.2) is 5.96 Å². The van der Waals surface area contributed by atoms with Gasteiger partial charge in [-0.2, -0.15) is 0 Å². The van der Waals surface area contributed by atoms with Gasteiger partial charge in [-0.05, 0) is 37.8 Å². The Morgan fingerprint density at radius 1 is 1.38 bits per heavy atom. The third-order valence-electron chi connectivity index (χ3n) is 5.37. The van der Waals surface area contributed by atoms with Crippen LogP contribution in [0, 0.1) is 6.92 Å². The number of aliphatic imine (C=N–C) groups is 1. The van der Waals surface area contributed by atoms with Crippen LogP contribution < -0.4 is 10.6 Å². The van der Waals surface area contributed by atoms with Gasteiger partial charge in [0.2, 0.25) is 0 Å². The molecule has 3 unspecified atom stereocenters. The average molecular weight is 472 g/mol. The SMILES string of the molecule is CN=C(NCC1CN2CCCC2CO1)NCC(C)c1cccc(C)c1.I. The fourth-order valence-corrected chi connectivity index (χ4v) is 3.78. The molecule has 2 heterocycles. The summed E-state index contributed by atoms with van der Waals surface area (Å²) >= 11 is 0. The minimum atomic E-state index is 0. The first kappa shape index (κ1) is 21.4. The van der Waals surface area contributed by atoms with Gasteiger partial charge >= 0.3 is 0 Å². The van der Waals surface area contributed by atoms with Crippen LogP contribution in [-0.2, 0) is 4.74 Å². The van der Waals surface area contributed by atoms with E-state index in [1.807, 2.05) is 7.05 Å². The van der Waals surface area contributed by atoms with Crippen molar-refractivity contribution in [3.63, 3.8) is 0 Å². The molecule has 0 bridgehead atoms. The summed E-state index contributed by atoms with van der Waals surface area (Å²) in [5.74, 6) is 1.29. The Hall–Kier alpha value is -0.860. The van der Waals surface area contributed by atoms with Crippen molar-refractivity contribution >= 4 is 29.9 Å². The first-order valence-electron chi connectivity index (χ1n) is 9.52. The van der Waals surface area contributed by atoms with Crippen LogP contribution in [0.4, 0.5) is 0 Å². The number of benzene rings is 1. The maximum absolute atomic E-state index is 6.01. The molecule has 5 nitrogen and oxygen atoms in total. The van der Waals surface area contributed by atoms with Crippen LogP contribution in [0.3, 0.4) is 0 Å². The van der Waals surface area contributed by atoms with Crippen molar-refractivity contribution in [2.45, 2.75) is 44.8 Å². The molecule has 0 aliphatic carbocycles. The molecule has 0 spiro atoms. The van der Waals surface area contributed by atoms with Gasteiger partial charge in [-0.15, -0.1) is 24.0 Å². The number of morpholine rings is 1. The molecule has 3 atom stereocenters. The molecule has 6 heteroatoms. The van der Waals surface area contributed by atoms with Crippen LogP contribution in [-0.4, -0.2) is 62.8 Å². The number of ether oxygens (including phenoxy) is 1. The summed E-state index contributed by atoms with van der Waals surface area (Å²) in [7, 11) is 1.82. The number of nitrogens with one attached hydrogen (secondary N) is 2. The Morgan fingerprint density at radius 3 is 3.00 bits per heavy atom. The minimum Gasteiger partial charge on any atom is -0.373 e. The lowest BCUT2D eigenvalue weighted by atomic mass is 9.99. The Balaban J connectivity index is 0.00000243. The van der Waals surface area contributed by atoms with E-state index in [0.717, 1.165) is 32.2 Å². The highest BCUT2D eigenvalue weighted by molar-refractivity contribution is 14.0. The topological polar surface area (TPSA) is 48.9 Å². The highest BCUT2D eigenvalue weighted by Gasteiger charge is 2.32. The Kier molecular flexibility index (Phi) is 8.63. The number of aryl methyl sites for hydroxylation is 1. The van der Waals surface area contributed by atoms with Crippen molar-refractivity contribution in [1.82, 2.24) is 15.5 Å². The van der Waals surface area contributed by atoms with Gasteiger partial charge in [0.05, 0.1) is 12.7 Å². The molecule has 146 valence electrons. The van der Waals surface area contributed by atoms with E-state index in [-0.39, 0.29) is 30.1 Å². The van der Waals surface area contributed by atoms with Crippen LogP contribution in [0.15, 0.2) is 29.3 Å². The fourth-order valence-electron chi connectivity index (χ4n) is 3.78. The standard InChI is InChI=1S/C20H32N4O.HI/c1-15-6-4-7-17(10-15)16(2)11-22-20(21-3)23-12-19-13-24-9-5-8-18(24)14-25-19;/h4,6-7,10,16,18-19H,5,8-9,11-14H2,1-3H3,(H2,21,22,23);1H. The molecule has 26 heavy (non-hydrogen) atoms. The zero-order valence-electron chi connectivity index (χ0n) is 16.2. The van der Waals surface area contributed by atoms with E-state index in [9.17, 15) is 0 Å². The molecule has 1 aromatic rings. The van der Waals surface area contributed by atoms with Gasteiger partial charge in [-0.3, -0.25) is 9.89 Å². The number of hydrogen-bond acceptors (Lipinski definition) is 3. The maximum atomic E-state index is 6.01. The quantitative estimate of drug-likeness (QED) is 0.393. The number of guanidine groups is 1. The van der Waals surface area contributed by atoms with Crippen LogP contribution in [0.5, 0.6) is 0 Å². The molecule has 2 N–H and O–H groups in total. The van der Waals surface area contributed by atoms with Gasteiger partial charge in [0.25, 0.3) is 0 Å². The normalized spacial score (nSPS) is 24.5. The Morgan fingerprint density at radius 2 is 2.23 bits per heavy atom. The molecule has 2 saturated heterocycles. The highest BCUT2D eigenvalue weighted by atomic mass is 127. The van der Waals surface area contributed by atoms with E-state index < -0.39 is 0 Å². The molecule has 1 aromatic carbocycles. The number of fused-ring (bicyclic) bond motifs is 1. The largest absolute Gasteiger partial charge is 0.373 e. The molecule has 0 amide bonds. The number of rotatable bonds is 5. The lowest BCUT2D eigenvalue weighted by Crippen LogP contribution is -2.51. The van der Waals surface area contributed by atoms with Crippen molar-refractivity contribution in [1.29, 1.82) is 0 Å². The molecule has 2 aliphatic rings. The summed E-state index contributed by atoms with van der Waals surface area (Å²) in [4.78, 5) is 6.92. The lowest BCUT2D eigenvalue weighted by Gasteiger charge is -2.35. The smallest absolute Gasteiger partial charge is 0.191 e. The van der Waals surface area contributed by atoms with Crippen molar-refractivity contribution in [2.75, 3.05) is 39.8 Å². The van der Waals surface area contributed by atoms with Gasteiger partial charge in [0, 0.05) is 32.7 Å². The Labute approximate surface area is 175 Å². The molecule has 2 aliphatic heterocycles. The third kappa shape index (κ3) is 5.82. The van der Waals surface area contributed by atoms with E-state index in [1.165, 1.54) is 30.5 Å². The summed E-state index contributed by atoms with van der Waals surface area (Å²) < 4.78 is 6.01. The molecule has 2 fully saturated rings. The zero-order valence-corrected chi connectivity index (χ0v) is 18.5. The van der Waals surface area contributed by atoms with E-state index in [1.54, 1.807) is 0 Å². The summed E-state index contributed by atoms with van der Waals surface area (Å²) in [6.07, 6.45) is 2.86. The lowest BCUT2D eigenvalue weighted by molar-refractivity contribution is -0.0453. The van der Waals surface area contributed by atoms with Crippen molar-refractivity contribution < 1.29 is 4.74 Å². The fraction of sp³-hybridized carbons (Fsp3) is 0.650. The molecular weight excluding hydrogens is 439 g/mol. The van der Waals surface area contributed by atoms with Crippen LogP contribution in [0.2, 0.25) is 0 Å². The van der Waals surface area contributed by atoms with Gasteiger partial charge in [-0.25, -0.2) is 0 Å². The van der Waals surface area contributed by atoms with E-state index in [4.69, 9.17) is 4.74 Å². The van der Waals surface area contributed by atoms with Crippen molar-refractivity contribution in [3.8, 4) is 0 Å². The second-order valence-corrected chi connectivity index (χ2v) is 7.40. The monoisotopic (exact) mass is 472 g/mol. The number of halogens is 1. The maximum Gasteiger partial charge on any atom is 0.191 e. The van der Waals surface area contributed by atoms with Crippen LogP contribution in [0.25, 0.3) is 0 Å². The molecule has 0 aromatic heterocycles. The van der Waals surface area contributed by atoms with Gasteiger partial charge in [-0.1, -0.05) is 36.8 Å². The second kappa shape index (κ2) is 10.5. The van der Waals surface area contributed by atoms with Gasteiger partial charge in [0.1, 0.15) is 0 Å². The van der Waals surface area contributed by atoms with Crippen molar-refractivity contribution in [2.24, 2.45) is 4.99 Å². The summed E-state index contributed by atoms with van der Waals surface area (Å²) in [6.45, 7) is 9.19. The van der Waals surface area contributed by atoms with Crippen LogP contribution >= 0.6 is 24.0 Å². The highest BCUT2D eigenvalue weighted by Crippen LogP contribution is 2.22. The van der Waals surface area contributed by atoms with Gasteiger partial charge < -0.3 is 15.4 Å². The van der Waals surface area contributed by atoms with E-state index >= 15 is 0 Å². The third-order valence-corrected chi connectivity index (χ3v) is 5.37. The average Bonchev–Trinajstić information content (AvgIpc) is 3.09.